The number of carbonyl (C=O) groups excluding carboxylic acids is 1. The third-order valence-electron chi connectivity index (χ3n) is 3.02. The molecule has 0 radical (unpaired) electrons. The second-order valence-electron chi connectivity index (χ2n) is 4.75. The average molecular weight is 317 g/mol. The molecule has 2 rings (SSSR count). The minimum atomic E-state index is -0.659. The summed E-state index contributed by atoms with van der Waals surface area (Å²) in [5.41, 5.74) is 4.19. The number of nitrogens with zero attached hydrogens (tertiary/aromatic N) is 1. The summed E-state index contributed by atoms with van der Waals surface area (Å²) in [7, 11) is 0. The van der Waals surface area contributed by atoms with Gasteiger partial charge in [0.25, 0.3) is 5.91 Å². The maximum atomic E-state index is 12.0. The van der Waals surface area contributed by atoms with Gasteiger partial charge < -0.3 is 4.74 Å². The number of nitrogens with one attached hydrogen (secondary N) is 1. The Kier molecular flexibility index (Phi) is 5.55. The molecule has 5 heteroatoms. The van der Waals surface area contributed by atoms with Crippen LogP contribution in [0.4, 0.5) is 0 Å². The second-order valence-corrected chi connectivity index (χ2v) is 5.19. The smallest absolute Gasteiger partial charge is 0.280 e. The lowest BCUT2D eigenvalue weighted by Gasteiger charge is -2.13. The fraction of sp³-hybridized carbons (Fsp3) is 0.176. The van der Waals surface area contributed by atoms with E-state index in [4.69, 9.17) is 16.3 Å². The molecule has 0 saturated carbocycles. The predicted octanol–water partition coefficient (Wildman–Crippen LogP) is 3.65. The summed E-state index contributed by atoms with van der Waals surface area (Å²) in [6.45, 7) is 3.50. The van der Waals surface area contributed by atoms with Crippen LogP contribution in [0, 0.1) is 0 Å². The molecule has 2 aromatic carbocycles. The molecule has 0 heterocycles. The van der Waals surface area contributed by atoms with Gasteiger partial charge in [-0.15, -0.1) is 0 Å². The van der Waals surface area contributed by atoms with Crippen LogP contribution in [0.15, 0.2) is 59.7 Å². The fourth-order valence-corrected chi connectivity index (χ4v) is 1.87. The van der Waals surface area contributed by atoms with Gasteiger partial charge in [0.05, 0.1) is 5.71 Å². The lowest BCUT2D eigenvalue weighted by Crippen LogP contribution is -2.33. The lowest BCUT2D eigenvalue weighted by molar-refractivity contribution is -0.127. The maximum Gasteiger partial charge on any atom is 0.280 e. The van der Waals surface area contributed by atoms with Gasteiger partial charge in [-0.3, -0.25) is 4.79 Å². The van der Waals surface area contributed by atoms with Crippen molar-refractivity contribution in [2.45, 2.75) is 20.0 Å². The van der Waals surface area contributed by atoms with Gasteiger partial charge in [-0.25, -0.2) is 5.43 Å². The predicted molar refractivity (Wildman–Crippen MR) is 88.3 cm³/mol. The highest BCUT2D eigenvalue weighted by atomic mass is 35.5. The van der Waals surface area contributed by atoms with Gasteiger partial charge >= 0.3 is 0 Å². The summed E-state index contributed by atoms with van der Waals surface area (Å²) in [6, 6.07) is 16.5. The Labute approximate surface area is 134 Å². The molecule has 4 nitrogen and oxygen atoms in total. The molecule has 2 aromatic rings. The Morgan fingerprint density at radius 2 is 1.77 bits per heavy atom. The summed E-state index contributed by atoms with van der Waals surface area (Å²) < 4.78 is 5.53. The number of halogens is 1. The van der Waals surface area contributed by atoms with Crippen molar-refractivity contribution in [2.24, 2.45) is 5.10 Å². The van der Waals surface area contributed by atoms with Crippen molar-refractivity contribution in [3.8, 4) is 5.75 Å². The first kappa shape index (κ1) is 16.0. The van der Waals surface area contributed by atoms with E-state index >= 15 is 0 Å². The molecule has 1 atom stereocenters. The van der Waals surface area contributed by atoms with E-state index in [2.05, 4.69) is 10.5 Å². The molecule has 0 spiro atoms. The zero-order chi connectivity index (χ0) is 15.9. The lowest BCUT2D eigenvalue weighted by atomic mass is 10.1. The van der Waals surface area contributed by atoms with Gasteiger partial charge in [-0.2, -0.15) is 5.10 Å². The highest BCUT2D eigenvalue weighted by Crippen LogP contribution is 2.16. The van der Waals surface area contributed by atoms with Crippen LogP contribution < -0.4 is 10.2 Å². The first-order valence-corrected chi connectivity index (χ1v) is 7.26. The SMILES string of the molecule is CC(=NNC(=O)[C@@H](C)Oc1ccc(Cl)cc1)c1ccccc1. The van der Waals surface area contributed by atoms with Crippen molar-refractivity contribution >= 4 is 23.2 Å². The molecule has 0 unspecified atom stereocenters. The van der Waals surface area contributed by atoms with E-state index in [1.807, 2.05) is 37.3 Å². The Bertz CT molecular complexity index is 654. The highest BCUT2D eigenvalue weighted by molar-refractivity contribution is 6.30. The van der Waals surface area contributed by atoms with Crippen LogP contribution in [-0.4, -0.2) is 17.7 Å². The molecular formula is C17H17ClN2O2. The Morgan fingerprint density at radius 3 is 2.41 bits per heavy atom. The number of ether oxygens (including phenoxy) is 1. The van der Waals surface area contributed by atoms with Gasteiger partial charge in [0.2, 0.25) is 0 Å². The molecule has 0 saturated heterocycles. The van der Waals surface area contributed by atoms with Crippen molar-refractivity contribution in [1.82, 2.24) is 5.43 Å². The van der Waals surface area contributed by atoms with Crippen LogP contribution in [0.25, 0.3) is 0 Å². The number of benzene rings is 2. The molecule has 22 heavy (non-hydrogen) atoms. The zero-order valence-electron chi connectivity index (χ0n) is 12.4. The number of rotatable bonds is 5. The van der Waals surface area contributed by atoms with E-state index in [0.29, 0.717) is 10.8 Å². The van der Waals surface area contributed by atoms with E-state index in [0.717, 1.165) is 11.3 Å². The molecule has 0 aromatic heterocycles. The van der Waals surface area contributed by atoms with Crippen LogP contribution in [0.2, 0.25) is 5.02 Å². The maximum absolute atomic E-state index is 12.0. The van der Waals surface area contributed by atoms with Crippen LogP contribution >= 0.6 is 11.6 Å². The number of hydrogen-bond donors (Lipinski definition) is 1. The molecular weight excluding hydrogens is 300 g/mol. The Morgan fingerprint density at radius 1 is 1.14 bits per heavy atom. The molecule has 0 aliphatic carbocycles. The third kappa shape index (κ3) is 4.60. The van der Waals surface area contributed by atoms with E-state index in [1.165, 1.54) is 0 Å². The molecule has 0 aliphatic heterocycles. The quantitative estimate of drug-likeness (QED) is 0.676. The van der Waals surface area contributed by atoms with Crippen molar-refractivity contribution in [2.75, 3.05) is 0 Å². The summed E-state index contributed by atoms with van der Waals surface area (Å²) in [6.07, 6.45) is -0.659. The van der Waals surface area contributed by atoms with Gasteiger partial charge in [0, 0.05) is 5.02 Å². The minimum Gasteiger partial charge on any atom is -0.481 e. The van der Waals surface area contributed by atoms with Crippen molar-refractivity contribution in [1.29, 1.82) is 0 Å². The van der Waals surface area contributed by atoms with Crippen LogP contribution in [-0.2, 0) is 4.79 Å². The van der Waals surface area contributed by atoms with Crippen LogP contribution in [0.3, 0.4) is 0 Å². The second kappa shape index (κ2) is 7.61. The fourth-order valence-electron chi connectivity index (χ4n) is 1.74. The van der Waals surface area contributed by atoms with E-state index in [-0.39, 0.29) is 5.91 Å². The number of hydrazone groups is 1. The first-order valence-electron chi connectivity index (χ1n) is 6.88. The topological polar surface area (TPSA) is 50.7 Å². The van der Waals surface area contributed by atoms with E-state index in [9.17, 15) is 4.79 Å². The minimum absolute atomic E-state index is 0.315. The standard InChI is InChI=1S/C17H17ClN2O2/c1-12(14-6-4-3-5-7-14)19-20-17(21)13(2)22-16-10-8-15(18)9-11-16/h3-11,13H,1-2H3,(H,20,21)/t13-/m1/s1. The van der Waals surface area contributed by atoms with Crippen molar-refractivity contribution < 1.29 is 9.53 Å². The molecule has 1 amide bonds. The van der Waals surface area contributed by atoms with Crippen molar-refractivity contribution in [3.05, 3.63) is 65.2 Å². The molecule has 114 valence electrons. The zero-order valence-corrected chi connectivity index (χ0v) is 13.2. The van der Waals surface area contributed by atoms with Crippen LogP contribution in [0.1, 0.15) is 19.4 Å². The summed E-state index contributed by atoms with van der Waals surface area (Å²) in [5, 5.41) is 4.71. The highest BCUT2D eigenvalue weighted by Gasteiger charge is 2.14. The Balaban J connectivity index is 1.92. The van der Waals surface area contributed by atoms with E-state index in [1.54, 1.807) is 31.2 Å². The number of hydrogen-bond acceptors (Lipinski definition) is 3. The number of carbonyl (C=O) groups is 1. The van der Waals surface area contributed by atoms with Gasteiger partial charge in [0.15, 0.2) is 6.10 Å². The summed E-state index contributed by atoms with van der Waals surface area (Å²) in [5.74, 6) is 0.265. The third-order valence-corrected chi connectivity index (χ3v) is 3.27. The normalized spacial score (nSPS) is 12.6. The monoisotopic (exact) mass is 316 g/mol. The molecule has 0 fully saturated rings. The molecule has 0 aliphatic rings. The summed E-state index contributed by atoms with van der Waals surface area (Å²) in [4.78, 5) is 12.0. The number of amides is 1. The van der Waals surface area contributed by atoms with Gasteiger partial charge in [-0.05, 0) is 43.7 Å². The average Bonchev–Trinajstić information content (AvgIpc) is 2.55. The van der Waals surface area contributed by atoms with E-state index < -0.39 is 6.10 Å². The molecule has 1 N–H and O–H groups in total. The largest absolute Gasteiger partial charge is 0.481 e. The summed E-state index contributed by atoms with van der Waals surface area (Å²) >= 11 is 5.80. The van der Waals surface area contributed by atoms with Crippen LogP contribution in [0.5, 0.6) is 5.75 Å². The van der Waals surface area contributed by atoms with Crippen molar-refractivity contribution in [3.63, 3.8) is 0 Å². The first-order chi connectivity index (χ1) is 10.6. The van der Waals surface area contributed by atoms with Gasteiger partial charge in [0.1, 0.15) is 5.75 Å². The Hall–Kier alpha value is -2.33. The van der Waals surface area contributed by atoms with Gasteiger partial charge in [-0.1, -0.05) is 41.9 Å². The molecule has 0 bridgehead atoms.